The van der Waals surface area contributed by atoms with Crippen molar-refractivity contribution in [3.63, 3.8) is 0 Å². The molecule has 1 aromatic rings. The third kappa shape index (κ3) is 3.02. The first-order valence-corrected chi connectivity index (χ1v) is 6.60. The van der Waals surface area contributed by atoms with Crippen molar-refractivity contribution in [1.29, 1.82) is 0 Å². The lowest BCUT2D eigenvalue weighted by molar-refractivity contribution is 0.0698. The molecule has 1 aliphatic heterocycles. The Morgan fingerprint density at radius 3 is 2.80 bits per heavy atom. The van der Waals surface area contributed by atoms with Gasteiger partial charge < -0.3 is 25.7 Å². The first kappa shape index (κ1) is 14.6. The minimum atomic E-state index is -1.03. The van der Waals surface area contributed by atoms with Crippen LogP contribution in [0, 0.1) is 0 Å². The maximum absolute atomic E-state index is 11.2. The second-order valence-electron chi connectivity index (χ2n) is 5.53. The Kier molecular flexibility index (Phi) is 4.15. The van der Waals surface area contributed by atoms with E-state index in [0.717, 1.165) is 12.2 Å². The van der Waals surface area contributed by atoms with Gasteiger partial charge in [-0.1, -0.05) is 0 Å². The van der Waals surface area contributed by atoms with E-state index in [4.69, 9.17) is 10.8 Å². The number of aliphatic hydroxyl groups excluding tert-OH is 1. The summed E-state index contributed by atoms with van der Waals surface area (Å²) in [6.07, 6.45) is 0.302. The van der Waals surface area contributed by atoms with E-state index in [1.54, 1.807) is 12.1 Å². The van der Waals surface area contributed by atoms with Crippen molar-refractivity contribution >= 4 is 17.3 Å². The number of nitrogens with zero attached hydrogens (tertiary/aromatic N) is 2. The van der Waals surface area contributed by atoms with Crippen LogP contribution < -0.4 is 10.6 Å². The molecule has 1 fully saturated rings. The molecule has 0 radical (unpaired) electrons. The zero-order valence-corrected chi connectivity index (χ0v) is 11.8. The number of carboxylic acids is 1. The highest BCUT2D eigenvalue weighted by atomic mass is 16.4. The number of hydrogen-bond donors (Lipinski definition) is 3. The molecule has 1 saturated heterocycles. The van der Waals surface area contributed by atoms with E-state index in [2.05, 4.69) is 9.80 Å². The Hall–Kier alpha value is -1.79. The zero-order valence-electron chi connectivity index (χ0n) is 11.8. The molecule has 1 aromatic carbocycles. The van der Waals surface area contributed by atoms with E-state index in [1.165, 1.54) is 0 Å². The second kappa shape index (κ2) is 5.68. The normalized spacial score (nSPS) is 22.5. The molecule has 0 aromatic heterocycles. The minimum absolute atomic E-state index is 0.104. The number of carbonyl (C=O) groups is 1. The Balaban J connectivity index is 2.29. The van der Waals surface area contributed by atoms with Crippen molar-refractivity contribution in [1.82, 2.24) is 4.90 Å². The summed E-state index contributed by atoms with van der Waals surface area (Å²) >= 11 is 0. The van der Waals surface area contributed by atoms with E-state index in [9.17, 15) is 9.90 Å². The molecule has 6 nitrogen and oxygen atoms in total. The fourth-order valence-corrected chi connectivity index (χ4v) is 2.71. The van der Waals surface area contributed by atoms with Crippen LogP contribution in [-0.4, -0.2) is 60.4 Å². The molecular weight excluding hydrogens is 258 g/mol. The largest absolute Gasteiger partial charge is 0.478 e. The highest BCUT2D eigenvalue weighted by Crippen LogP contribution is 2.28. The van der Waals surface area contributed by atoms with Crippen LogP contribution >= 0.6 is 0 Å². The molecule has 2 unspecified atom stereocenters. The average Bonchev–Trinajstić information content (AvgIpc) is 2.69. The molecule has 2 atom stereocenters. The monoisotopic (exact) mass is 279 g/mol. The van der Waals surface area contributed by atoms with Gasteiger partial charge in [-0.25, -0.2) is 4.79 Å². The number of anilines is 2. The van der Waals surface area contributed by atoms with Crippen molar-refractivity contribution in [3.05, 3.63) is 23.8 Å². The maximum Gasteiger partial charge on any atom is 0.337 e. The Morgan fingerprint density at radius 2 is 2.20 bits per heavy atom. The van der Waals surface area contributed by atoms with Gasteiger partial charge in [-0.3, -0.25) is 0 Å². The molecule has 20 heavy (non-hydrogen) atoms. The number of nitrogens with two attached hydrogens (primary N) is 1. The predicted octanol–water partition coefficient (Wildman–Crippen LogP) is 0.468. The van der Waals surface area contributed by atoms with Crippen LogP contribution in [0.2, 0.25) is 0 Å². The fraction of sp³-hybridized carbons (Fsp3) is 0.500. The number of carboxylic acid groups (broad SMARTS) is 1. The summed E-state index contributed by atoms with van der Waals surface area (Å²) in [5.74, 6) is -1.03. The second-order valence-corrected chi connectivity index (χ2v) is 5.53. The first-order valence-electron chi connectivity index (χ1n) is 6.60. The van der Waals surface area contributed by atoms with Crippen LogP contribution in [0.3, 0.4) is 0 Å². The third-order valence-corrected chi connectivity index (χ3v) is 3.57. The number of hydrogen-bond acceptors (Lipinski definition) is 5. The third-order valence-electron chi connectivity index (χ3n) is 3.57. The minimum Gasteiger partial charge on any atom is -0.478 e. The molecule has 4 N–H and O–H groups in total. The van der Waals surface area contributed by atoms with Crippen molar-refractivity contribution < 1.29 is 15.0 Å². The number of aliphatic hydroxyl groups is 1. The Morgan fingerprint density at radius 1 is 1.50 bits per heavy atom. The lowest BCUT2D eigenvalue weighted by atomic mass is 10.1. The lowest BCUT2D eigenvalue weighted by Gasteiger charge is -2.29. The van der Waals surface area contributed by atoms with E-state index in [0.29, 0.717) is 13.0 Å². The summed E-state index contributed by atoms with van der Waals surface area (Å²) < 4.78 is 0. The van der Waals surface area contributed by atoms with Crippen LogP contribution in [0.15, 0.2) is 18.2 Å². The number of likely N-dealkylation sites (N-methyl/N-ethyl adjacent to an activating group) is 1. The zero-order chi connectivity index (χ0) is 14.9. The van der Waals surface area contributed by atoms with Crippen molar-refractivity contribution in [2.24, 2.45) is 0 Å². The number of aromatic carboxylic acids is 1. The molecule has 1 aliphatic rings. The van der Waals surface area contributed by atoms with Gasteiger partial charge in [0, 0.05) is 30.5 Å². The van der Waals surface area contributed by atoms with Crippen LogP contribution in [-0.2, 0) is 0 Å². The smallest absolute Gasteiger partial charge is 0.337 e. The maximum atomic E-state index is 11.2. The van der Waals surface area contributed by atoms with Gasteiger partial charge >= 0.3 is 5.97 Å². The summed E-state index contributed by atoms with van der Waals surface area (Å²) in [5, 5.41) is 19.0. The summed E-state index contributed by atoms with van der Waals surface area (Å²) in [7, 11) is 3.96. The van der Waals surface area contributed by atoms with Gasteiger partial charge in [0.2, 0.25) is 0 Å². The summed E-state index contributed by atoms with van der Waals surface area (Å²) in [5.41, 5.74) is 6.83. The molecule has 0 aliphatic carbocycles. The Bertz CT molecular complexity index is 504. The van der Waals surface area contributed by atoms with Gasteiger partial charge in [-0.2, -0.15) is 0 Å². The quantitative estimate of drug-likeness (QED) is 0.694. The van der Waals surface area contributed by atoms with E-state index >= 15 is 0 Å². The number of β-amino-alcohol motifs (C(OH)–C–C–N with tert-alkyl or cyclic N) is 1. The predicted molar refractivity (Wildman–Crippen MR) is 78.1 cm³/mol. The van der Waals surface area contributed by atoms with E-state index in [1.807, 2.05) is 20.2 Å². The highest BCUT2D eigenvalue weighted by molar-refractivity contribution is 5.94. The van der Waals surface area contributed by atoms with Crippen molar-refractivity contribution in [2.75, 3.05) is 37.8 Å². The van der Waals surface area contributed by atoms with Gasteiger partial charge in [-0.15, -0.1) is 0 Å². The molecule has 110 valence electrons. The fourth-order valence-electron chi connectivity index (χ4n) is 2.71. The molecule has 6 heteroatoms. The molecule has 0 amide bonds. The summed E-state index contributed by atoms with van der Waals surface area (Å²) in [6, 6.07) is 5.17. The van der Waals surface area contributed by atoms with E-state index in [-0.39, 0.29) is 23.4 Å². The van der Waals surface area contributed by atoms with E-state index < -0.39 is 5.97 Å². The number of rotatable bonds is 4. The number of benzene rings is 1. The van der Waals surface area contributed by atoms with Crippen molar-refractivity contribution in [3.8, 4) is 0 Å². The molecule has 0 saturated carbocycles. The van der Waals surface area contributed by atoms with Gasteiger partial charge in [0.15, 0.2) is 0 Å². The van der Waals surface area contributed by atoms with Gasteiger partial charge in [-0.05, 0) is 38.7 Å². The first-order chi connectivity index (χ1) is 9.38. The highest BCUT2D eigenvalue weighted by Gasteiger charge is 2.31. The topological polar surface area (TPSA) is 90.0 Å². The Labute approximate surface area is 118 Å². The molecular formula is C14H21N3O3. The van der Waals surface area contributed by atoms with Crippen molar-refractivity contribution in [2.45, 2.75) is 18.6 Å². The van der Waals surface area contributed by atoms with Crippen LogP contribution in [0.25, 0.3) is 0 Å². The number of nitrogen functional groups attached to an aromatic ring is 1. The lowest BCUT2D eigenvalue weighted by Crippen LogP contribution is -2.37. The molecule has 1 heterocycles. The van der Waals surface area contributed by atoms with Crippen LogP contribution in [0.5, 0.6) is 0 Å². The molecule has 2 rings (SSSR count). The van der Waals surface area contributed by atoms with Gasteiger partial charge in [0.1, 0.15) is 0 Å². The van der Waals surface area contributed by atoms with Gasteiger partial charge in [0.25, 0.3) is 0 Å². The molecule has 0 bridgehead atoms. The standard InChI is InChI=1S/C14H21N3O3/c1-16(2)7-10-5-11(18)8-17(10)9-3-4-13(15)12(6-9)14(19)20/h3-4,6,10-11,18H,5,7-8,15H2,1-2H3,(H,19,20). The summed E-state index contributed by atoms with van der Waals surface area (Å²) in [4.78, 5) is 15.3. The van der Waals surface area contributed by atoms with Crippen LogP contribution in [0.1, 0.15) is 16.8 Å². The van der Waals surface area contributed by atoms with Gasteiger partial charge in [0.05, 0.1) is 11.7 Å². The van der Waals surface area contributed by atoms with Crippen LogP contribution in [0.4, 0.5) is 11.4 Å². The summed E-state index contributed by atoms with van der Waals surface area (Å²) in [6.45, 7) is 1.32. The SMILES string of the molecule is CN(C)CC1CC(O)CN1c1ccc(N)c(C(=O)O)c1. The molecule has 0 spiro atoms. The average molecular weight is 279 g/mol.